The zero-order valence-corrected chi connectivity index (χ0v) is 19.4. The SMILES string of the molecule is CC1(Nc2cc(C(=O)N3CCC(NC(=O)C4CC4)CC3)nc(-c3cnn4ccsc34)n2)CC1. The molecule has 2 amide bonds. The summed E-state index contributed by atoms with van der Waals surface area (Å²) in [5, 5.41) is 13.0. The van der Waals surface area contributed by atoms with Crippen molar-refractivity contribution in [3.63, 3.8) is 0 Å². The van der Waals surface area contributed by atoms with Crippen LogP contribution in [-0.2, 0) is 4.79 Å². The lowest BCUT2D eigenvalue weighted by atomic mass is 10.0. The number of nitrogens with one attached hydrogen (secondary N) is 2. The van der Waals surface area contributed by atoms with Crippen LogP contribution in [0.2, 0.25) is 0 Å². The van der Waals surface area contributed by atoms with Gasteiger partial charge < -0.3 is 15.5 Å². The van der Waals surface area contributed by atoms with Crippen LogP contribution >= 0.6 is 11.3 Å². The van der Waals surface area contributed by atoms with E-state index in [0.717, 1.165) is 48.9 Å². The van der Waals surface area contributed by atoms with Crippen LogP contribution in [0.1, 0.15) is 55.9 Å². The summed E-state index contributed by atoms with van der Waals surface area (Å²) in [6.45, 7) is 3.38. The summed E-state index contributed by atoms with van der Waals surface area (Å²) >= 11 is 1.57. The molecular formula is C23H27N7O2S. The highest BCUT2D eigenvalue weighted by Crippen LogP contribution is 2.38. The third-order valence-electron chi connectivity index (χ3n) is 6.82. The normalized spacial score (nSPS) is 20.1. The van der Waals surface area contributed by atoms with Crippen molar-refractivity contribution in [1.82, 2.24) is 29.8 Å². The summed E-state index contributed by atoms with van der Waals surface area (Å²) in [7, 11) is 0. The molecule has 2 saturated carbocycles. The molecule has 0 bridgehead atoms. The molecule has 9 nitrogen and oxygen atoms in total. The number of nitrogens with zero attached hydrogens (tertiary/aromatic N) is 5. The first-order valence-corrected chi connectivity index (χ1v) is 12.5. The number of rotatable bonds is 6. The first-order chi connectivity index (χ1) is 16.0. The Morgan fingerprint density at radius 1 is 1.15 bits per heavy atom. The number of fused-ring (bicyclic) bond motifs is 1. The molecule has 172 valence electrons. The average Bonchev–Trinajstić information content (AvgIpc) is 3.69. The Morgan fingerprint density at radius 2 is 1.94 bits per heavy atom. The molecule has 0 aromatic carbocycles. The number of anilines is 1. The highest BCUT2D eigenvalue weighted by molar-refractivity contribution is 7.16. The molecule has 3 aromatic heterocycles. The van der Waals surface area contributed by atoms with Crippen LogP contribution in [0.25, 0.3) is 16.2 Å². The van der Waals surface area contributed by atoms with Gasteiger partial charge in [0, 0.05) is 48.2 Å². The first-order valence-electron chi connectivity index (χ1n) is 11.7. The predicted molar refractivity (Wildman–Crippen MR) is 125 cm³/mol. The second kappa shape index (κ2) is 7.79. The van der Waals surface area contributed by atoms with E-state index >= 15 is 0 Å². The molecule has 0 unspecified atom stereocenters. The van der Waals surface area contributed by atoms with Crippen LogP contribution in [0, 0.1) is 5.92 Å². The van der Waals surface area contributed by atoms with Gasteiger partial charge in [-0.1, -0.05) is 0 Å². The number of amides is 2. The van der Waals surface area contributed by atoms with Crippen LogP contribution in [0.3, 0.4) is 0 Å². The second-order valence-electron chi connectivity index (χ2n) is 9.71. The van der Waals surface area contributed by atoms with Gasteiger partial charge in [-0.3, -0.25) is 9.59 Å². The zero-order chi connectivity index (χ0) is 22.6. The van der Waals surface area contributed by atoms with Crippen molar-refractivity contribution in [3.8, 4) is 11.4 Å². The lowest BCUT2D eigenvalue weighted by Gasteiger charge is -2.32. The molecule has 33 heavy (non-hydrogen) atoms. The molecule has 0 spiro atoms. The maximum absolute atomic E-state index is 13.4. The molecule has 3 aliphatic rings. The van der Waals surface area contributed by atoms with Gasteiger partial charge in [0.05, 0.1) is 11.8 Å². The van der Waals surface area contributed by atoms with Gasteiger partial charge in [-0.25, -0.2) is 14.5 Å². The fraction of sp³-hybridized carbons (Fsp3) is 0.522. The van der Waals surface area contributed by atoms with E-state index in [9.17, 15) is 9.59 Å². The van der Waals surface area contributed by atoms with Crippen molar-refractivity contribution in [2.24, 2.45) is 5.92 Å². The van der Waals surface area contributed by atoms with E-state index < -0.39 is 0 Å². The lowest BCUT2D eigenvalue weighted by Crippen LogP contribution is -2.47. The van der Waals surface area contributed by atoms with E-state index in [-0.39, 0.29) is 29.3 Å². The topological polar surface area (TPSA) is 105 Å². The van der Waals surface area contributed by atoms with Gasteiger partial charge in [-0.15, -0.1) is 11.3 Å². The van der Waals surface area contributed by atoms with E-state index in [2.05, 4.69) is 27.6 Å². The quantitative estimate of drug-likeness (QED) is 0.580. The van der Waals surface area contributed by atoms with Gasteiger partial charge in [-0.2, -0.15) is 5.10 Å². The second-order valence-corrected chi connectivity index (χ2v) is 10.6. The van der Waals surface area contributed by atoms with Gasteiger partial charge in [0.15, 0.2) is 5.82 Å². The fourth-order valence-electron chi connectivity index (χ4n) is 4.30. The molecule has 3 fully saturated rings. The average molecular weight is 466 g/mol. The van der Waals surface area contributed by atoms with Crippen LogP contribution in [0.15, 0.2) is 23.8 Å². The summed E-state index contributed by atoms with van der Waals surface area (Å²) in [5.74, 6) is 1.47. The van der Waals surface area contributed by atoms with Gasteiger partial charge in [0.1, 0.15) is 16.3 Å². The summed E-state index contributed by atoms with van der Waals surface area (Å²) in [6.07, 6.45) is 9.36. The summed E-state index contributed by atoms with van der Waals surface area (Å²) in [6, 6.07) is 1.92. The molecule has 1 saturated heterocycles. The van der Waals surface area contributed by atoms with Crippen molar-refractivity contribution >= 4 is 33.8 Å². The Kier molecular flexibility index (Phi) is 4.86. The number of piperidine rings is 1. The minimum Gasteiger partial charge on any atom is -0.365 e. The maximum atomic E-state index is 13.4. The van der Waals surface area contributed by atoms with E-state index in [1.165, 1.54) is 0 Å². The molecule has 2 N–H and O–H groups in total. The first kappa shape index (κ1) is 20.6. The fourth-order valence-corrected chi connectivity index (χ4v) is 5.09. The van der Waals surface area contributed by atoms with Crippen molar-refractivity contribution in [2.45, 2.75) is 57.0 Å². The number of thiazole rings is 1. The van der Waals surface area contributed by atoms with Gasteiger partial charge in [-0.05, 0) is 45.4 Å². The number of hydrogen-bond acceptors (Lipinski definition) is 7. The van der Waals surface area contributed by atoms with Crippen LogP contribution in [-0.4, -0.2) is 61.0 Å². The summed E-state index contributed by atoms with van der Waals surface area (Å²) in [4.78, 5) is 37.7. The molecule has 2 aliphatic carbocycles. The lowest BCUT2D eigenvalue weighted by molar-refractivity contribution is -0.123. The van der Waals surface area contributed by atoms with E-state index in [1.54, 1.807) is 28.1 Å². The smallest absolute Gasteiger partial charge is 0.272 e. The molecule has 1 aliphatic heterocycles. The predicted octanol–water partition coefficient (Wildman–Crippen LogP) is 2.95. The maximum Gasteiger partial charge on any atom is 0.272 e. The van der Waals surface area contributed by atoms with E-state index in [0.29, 0.717) is 30.4 Å². The Hall–Kier alpha value is -3.01. The zero-order valence-electron chi connectivity index (χ0n) is 18.6. The Bertz CT molecular complexity index is 1220. The number of carbonyl (C=O) groups excluding carboxylic acids is 2. The van der Waals surface area contributed by atoms with Gasteiger partial charge in [0.2, 0.25) is 5.91 Å². The highest BCUT2D eigenvalue weighted by Gasteiger charge is 2.38. The van der Waals surface area contributed by atoms with Gasteiger partial charge >= 0.3 is 0 Å². The molecular weight excluding hydrogens is 438 g/mol. The molecule has 0 radical (unpaired) electrons. The third-order valence-corrected chi connectivity index (χ3v) is 7.71. The Labute approximate surface area is 195 Å². The Balaban J connectivity index is 1.23. The van der Waals surface area contributed by atoms with Crippen LogP contribution in [0.4, 0.5) is 5.82 Å². The Morgan fingerprint density at radius 3 is 2.67 bits per heavy atom. The largest absolute Gasteiger partial charge is 0.365 e. The van der Waals surface area contributed by atoms with Gasteiger partial charge in [0.25, 0.3) is 5.91 Å². The van der Waals surface area contributed by atoms with E-state index in [1.807, 2.05) is 16.5 Å². The van der Waals surface area contributed by atoms with Crippen molar-refractivity contribution in [3.05, 3.63) is 29.5 Å². The molecule has 4 heterocycles. The molecule has 3 aromatic rings. The number of hydrogen-bond donors (Lipinski definition) is 2. The van der Waals surface area contributed by atoms with Crippen LogP contribution < -0.4 is 10.6 Å². The minimum absolute atomic E-state index is 0.0291. The number of likely N-dealkylation sites (tertiary alicyclic amines) is 1. The van der Waals surface area contributed by atoms with Crippen molar-refractivity contribution in [1.29, 1.82) is 0 Å². The summed E-state index contributed by atoms with van der Waals surface area (Å²) < 4.78 is 1.80. The monoisotopic (exact) mass is 465 g/mol. The molecule has 6 rings (SSSR count). The molecule has 10 heteroatoms. The number of carbonyl (C=O) groups is 2. The van der Waals surface area contributed by atoms with Crippen LogP contribution in [0.5, 0.6) is 0 Å². The summed E-state index contributed by atoms with van der Waals surface area (Å²) in [5.41, 5.74) is 1.25. The van der Waals surface area contributed by atoms with E-state index in [4.69, 9.17) is 4.98 Å². The third kappa shape index (κ3) is 4.19. The van der Waals surface area contributed by atoms with Crippen molar-refractivity contribution in [2.75, 3.05) is 18.4 Å². The standard InChI is InChI=1S/C23H27N7O2S/c1-23(6-7-23)28-18-12-17(26-19(27-18)16-13-24-30-10-11-33-22(16)30)21(32)29-8-4-15(5-9-29)25-20(31)14-2-3-14/h10-15H,2-9H2,1H3,(H,25,31)(H,26,27,28). The minimum atomic E-state index is -0.0933. The molecule has 0 atom stereocenters. The van der Waals surface area contributed by atoms with Crippen molar-refractivity contribution < 1.29 is 9.59 Å². The number of aromatic nitrogens is 4. The highest BCUT2D eigenvalue weighted by atomic mass is 32.1.